The molecule has 0 bridgehead atoms. The van der Waals surface area contributed by atoms with E-state index in [-0.39, 0.29) is 0 Å². The highest BCUT2D eigenvalue weighted by Crippen LogP contribution is 1.96. The smallest absolute Gasteiger partial charge is 0.433 e. The molecule has 82 valence electrons. The van der Waals surface area contributed by atoms with Gasteiger partial charge < -0.3 is 9.87 Å². The maximum atomic E-state index is 11.2. The molecule has 0 radical (unpaired) electrons. The Hall–Kier alpha value is -0.750. The Morgan fingerprint density at radius 2 is 2.21 bits per heavy atom. The molecule has 1 unspecified atom stereocenters. The molecular weight excluding hydrogens is 204 g/mol. The van der Waals surface area contributed by atoms with Gasteiger partial charge in [0, 0.05) is 7.05 Å². The molecule has 0 rings (SSSR count). The highest BCUT2D eigenvalue weighted by molar-refractivity contribution is 7.92. The third-order valence-corrected chi connectivity index (χ3v) is 2.82. The Labute approximate surface area is 87.1 Å². The van der Waals surface area contributed by atoms with E-state index in [4.69, 9.17) is 0 Å². The van der Waals surface area contributed by atoms with Crippen LogP contribution in [-0.4, -0.2) is 34.9 Å². The largest absolute Gasteiger partial charge is 0.616 e. The SMILES string of the molecule is CCC(C[S+]([O-])CC)=NOC(=O)NC. The van der Waals surface area contributed by atoms with Crippen LogP contribution in [0.4, 0.5) is 4.79 Å². The molecule has 1 amide bonds. The summed E-state index contributed by atoms with van der Waals surface area (Å²) in [6, 6.07) is 0. The molecular formula is C8H16N2O3S. The van der Waals surface area contributed by atoms with Gasteiger partial charge in [0.25, 0.3) is 0 Å². The van der Waals surface area contributed by atoms with Crippen LogP contribution >= 0.6 is 0 Å². The predicted molar refractivity (Wildman–Crippen MR) is 56.8 cm³/mol. The van der Waals surface area contributed by atoms with Crippen molar-refractivity contribution in [2.24, 2.45) is 5.16 Å². The number of rotatable bonds is 5. The Morgan fingerprint density at radius 3 is 2.64 bits per heavy atom. The molecule has 0 heterocycles. The summed E-state index contributed by atoms with van der Waals surface area (Å²) in [6.07, 6.45) is 0.0150. The van der Waals surface area contributed by atoms with Crippen LogP contribution in [0.5, 0.6) is 0 Å². The molecule has 5 nitrogen and oxygen atoms in total. The first-order chi connectivity index (χ1) is 6.63. The Balaban J connectivity index is 4.05. The number of oxime groups is 1. The van der Waals surface area contributed by atoms with Gasteiger partial charge in [0.2, 0.25) is 0 Å². The van der Waals surface area contributed by atoms with E-state index in [9.17, 15) is 9.35 Å². The first-order valence-electron chi connectivity index (χ1n) is 4.43. The Morgan fingerprint density at radius 1 is 1.57 bits per heavy atom. The fraction of sp³-hybridized carbons (Fsp3) is 0.750. The zero-order valence-electron chi connectivity index (χ0n) is 8.70. The molecule has 1 atom stereocenters. The second-order valence-electron chi connectivity index (χ2n) is 2.51. The van der Waals surface area contributed by atoms with Crippen molar-refractivity contribution >= 4 is 23.0 Å². The predicted octanol–water partition coefficient (Wildman–Crippen LogP) is 0.877. The lowest BCUT2D eigenvalue weighted by Crippen LogP contribution is -2.21. The van der Waals surface area contributed by atoms with E-state index in [2.05, 4.69) is 15.3 Å². The monoisotopic (exact) mass is 220 g/mol. The van der Waals surface area contributed by atoms with E-state index < -0.39 is 17.3 Å². The molecule has 1 N–H and O–H groups in total. The van der Waals surface area contributed by atoms with Gasteiger partial charge in [0.15, 0.2) is 0 Å². The zero-order valence-corrected chi connectivity index (χ0v) is 9.52. The second kappa shape index (κ2) is 7.64. The van der Waals surface area contributed by atoms with E-state index in [0.29, 0.717) is 23.6 Å². The Kier molecular flexibility index (Phi) is 7.23. The average molecular weight is 220 g/mol. The maximum Gasteiger partial charge on any atom is 0.433 e. The van der Waals surface area contributed by atoms with Crippen LogP contribution in [0.1, 0.15) is 20.3 Å². The number of nitrogens with one attached hydrogen (secondary N) is 1. The molecule has 0 saturated heterocycles. The van der Waals surface area contributed by atoms with Gasteiger partial charge in [0.1, 0.15) is 17.2 Å². The lowest BCUT2D eigenvalue weighted by Gasteiger charge is -2.08. The third-order valence-electron chi connectivity index (χ3n) is 1.52. The molecule has 0 fully saturated rings. The molecule has 0 aromatic rings. The van der Waals surface area contributed by atoms with E-state index in [1.165, 1.54) is 7.05 Å². The summed E-state index contributed by atoms with van der Waals surface area (Å²) < 4.78 is 11.2. The van der Waals surface area contributed by atoms with Crippen molar-refractivity contribution in [2.75, 3.05) is 18.6 Å². The molecule has 14 heavy (non-hydrogen) atoms. The minimum atomic E-state index is -0.916. The molecule has 0 aliphatic rings. The quantitative estimate of drug-likeness (QED) is 0.323. The van der Waals surface area contributed by atoms with Crippen molar-refractivity contribution in [1.29, 1.82) is 0 Å². The highest BCUT2D eigenvalue weighted by Gasteiger charge is 2.09. The lowest BCUT2D eigenvalue weighted by molar-refractivity contribution is 0.153. The summed E-state index contributed by atoms with van der Waals surface area (Å²) in [4.78, 5) is 15.2. The van der Waals surface area contributed by atoms with Crippen LogP contribution in [-0.2, 0) is 16.0 Å². The second-order valence-corrected chi connectivity index (χ2v) is 4.26. The van der Waals surface area contributed by atoms with E-state index >= 15 is 0 Å². The van der Waals surface area contributed by atoms with Gasteiger partial charge >= 0.3 is 6.09 Å². The number of carbonyl (C=O) groups is 1. The van der Waals surface area contributed by atoms with Gasteiger partial charge in [-0.05, 0) is 24.5 Å². The summed E-state index contributed by atoms with van der Waals surface area (Å²) in [7, 11) is 1.45. The molecule has 0 aromatic carbocycles. The first-order valence-corrected chi connectivity index (χ1v) is 5.92. The molecule has 6 heteroatoms. The van der Waals surface area contributed by atoms with Gasteiger partial charge in [-0.1, -0.05) is 12.1 Å². The number of carbonyl (C=O) groups excluding carboxylic acids is 1. The van der Waals surface area contributed by atoms with Crippen molar-refractivity contribution < 1.29 is 14.2 Å². The molecule has 0 aromatic heterocycles. The summed E-state index contributed by atoms with van der Waals surface area (Å²) in [5.41, 5.74) is 0.633. The van der Waals surface area contributed by atoms with Gasteiger partial charge in [-0.25, -0.2) is 4.79 Å². The average Bonchev–Trinajstić information content (AvgIpc) is 2.22. The molecule has 0 aliphatic carbocycles. The minimum absolute atomic E-state index is 0.365. The standard InChI is InChI=1S/C8H16N2O3S/c1-4-7(6-14(12)5-2)10-13-8(11)9-3/h4-6H2,1-3H3,(H,9,11). The van der Waals surface area contributed by atoms with Gasteiger partial charge in [0.05, 0.1) is 0 Å². The normalized spacial score (nSPS) is 13.6. The minimum Gasteiger partial charge on any atom is -0.616 e. The molecule has 0 aliphatic heterocycles. The van der Waals surface area contributed by atoms with Crippen LogP contribution in [0.2, 0.25) is 0 Å². The summed E-state index contributed by atoms with van der Waals surface area (Å²) in [5.74, 6) is 0.947. The van der Waals surface area contributed by atoms with Crippen molar-refractivity contribution in [2.45, 2.75) is 20.3 Å². The zero-order chi connectivity index (χ0) is 11.0. The van der Waals surface area contributed by atoms with Crippen molar-refractivity contribution in [3.63, 3.8) is 0 Å². The molecule has 0 saturated carbocycles. The van der Waals surface area contributed by atoms with Crippen LogP contribution in [0.25, 0.3) is 0 Å². The van der Waals surface area contributed by atoms with Crippen molar-refractivity contribution in [3.05, 3.63) is 0 Å². The number of hydrogen-bond donors (Lipinski definition) is 1. The van der Waals surface area contributed by atoms with Crippen molar-refractivity contribution in [1.82, 2.24) is 5.32 Å². The van der Waals surface area contributed by atoms with E-state index in [1.54, 1.807) is 0 Å². The van der Waals surface area contributed by atoms with Crippen LogP contribution < -0.4 is 5.32 Å². The number of nitrogens with zero attached hydrogens (tertiary/aromatic N) is 1. The van der Waals surface area contributed by atoms with Gasteiger partial charge in [-0.2, -0.15) is 0 Å². The van der Waals surface area contributed by atoms with Crippen LogP contribution in [0.3, 0.4) is 0 Å². The number of amides is 1. The van der Waals surface area contributed by atoms with E-state index in [1.807, 2.05) is 13.8 Å². The summed E-state index contributed by atoms with van der Waals surface area (Å²) in [6.45, 7) is 3.71. The summed E-state index contributed by atoms with van der Waals surface area (Å²) in [5, 5.41) is 5.88. The van der Waals surface area contributed by atoms with E-state index in [0.717, 1.165) is 0 Å². The maximum absolute atomic E-state index is 11.2. The topological polar surface area (TPSA) is 73.8 Å². The Bertz CT molecular complexity index is 209. The van der Waals surface area contributed by atoms with Gasteiger partial charge in [-0.15, -0.1) is 0 Å². The summed E-state index contributed by atoms with van der Waals surface area (Å²) >= 11 is -0.916. The number of hydrogen-bond acceptors (Lipinski definition) is 4. The van der Waals surface area contributed by atoms with Gasteiger partial charge in [-0.3, -0.25) is 4.84 Å². The van der Waals surface area contributed by atoms with Crippen LogP contribution in [0.15, 0.2) is 5.16 Å². The fourth-order valence-electron chi connectivity index (χ4n) is 0.633. The fourth-order valence-corrected chi connectivity index (χ4v) is 1.47. The van der Waals surface area contributed by atoms with Crippen LogP contribution in [0, 0.1) is 0 Å². The third kappa shape index (κ3) is 5.82. The lowest BCUT2D eigenvalue weighted by atomic mass is 10.3. The highest BCUT2D eigenvalue weighted by atomic mass is 32.2. The van der Waals surface area contributed by atoms with Crippen molar-refractivity contribution in [3.8, 4) is 0 Å². The first kappa shape index (κ1) is 13.2. The molecule has 0 spiro atoms.